The molecule has 1 aliphatic rings. The molecular weight excluding hydrogens is 463 g/mol. The van der Waals surface area contributed by atoms with Gasteiger partial charge in [-0.2, -0.15) is 0 Å². The Morgan fingerprint density at radius 2 is 1.63 bits per heavy atom. The number of nitrogens with one attached hydrogen (secondary N) is 1. The van der Waals surface area contributed by atoms with Crippen molar-refractivity contribution in [2.24, 2.45) is 0 Å². The van der Waals surface area contributed by atoms with Crippen LogP contribution < -0.4 is 10.1 Å². The summed E-state index contributed by atoms with van der Waals surface area (Å²) in [5.74, 6) is -0.650. The molecule has 3 rings (SSSR count). The van der Waals surface area contributed by atoms with Gasteiger partial charge >= 0.3 is 5.97 Å². The van der Waals surface area contributed by atoms with Gasteiger partial charge in [0.15, 0.2) is 6.10 Å². The highest BCUT2D eigenvalue weighted by atomic mass is 19.3. The zero-order valence-corrected chi connectivity index (χ0v) is 20.0. The fraction of sp³-hybridized carbons (Fsp3) is 0.462. The largest absolute Gasteiger partial charge is 0.496 e. The van der Waals surface area contributed by atoms with Gasteiger partial charge in [0.1, 0.15) is 11.6 Å². The van der Waals surface area contributed by atoms with E-state index in [1.165, 1.54) is 32.8 Å². The highest BCUT2D eigenvalue weighted by Crippen LogP contribution is 2.25. The van der Waals surface area contributed by atoms with E-state index in [2.05, 4.69) is 5.32 Å². The van der Waals surface area contributed by atoms with E-state index in [4.69, 9.17) is 14.2 Å². The van der Waals surface area contributed by atoms with Crippen molar-refractivity contribution in [2.75, 3.05) is 21.1 Å². The van der Waals surface area contributed by atoms with Crippen molar-refractivity contribution in [1.29, 1.82) is 0 Å². The molecule has 0 aromatic heterocycles. The average molecular weight is 496 g/mol. The summed E-state index contributed by atoms with van der Waals surface area (Å²) in [6, 6.07) is 11.2. The van der Waals surface area contributed by atoms with Crippen LogP contribution in [0, 0.1) is 5.82 Å². The third kappa shape index (κ3) is 9.24. The number of carbonyl (C=O) groups excluding carboxylic acids is 2. The van der Waals surface area contributed by atoms with Gasteiger partial charge < -0.3 is 19.5 Å². The summed E-state index contributed by atoms with van der Waals surface area (Å²) < 4.78 is 48.7. The van der Waals surface area contributed by atoms with Crippen molar-refractivity contribution < 1.29 is 37.0 Å². The normalized spacial score (nSPS) is 14.3. The van der Waals surface area contributed by atoms with Crippen LogP contribution in [0.1, 0.15) is 53.6 Å². The van der Waals surface area contributed by atoms with Crippen LogP contribution in [0.15, 0.2) is 42.5 Å². The number of ether oxygens (including phenoxy) is 3. The number of alkyl halides is 2. The minimum absolute atomic E-state index is 0.0459. The SMILES string of the molecule is COC(=O)C(Cc1ccc(OC)c(C(=O)NCc2ccc(F)cc2)c1)OC1CCCCC1.FCF. The van der Waals surface area contributed by atoms with Crippen molar-refractivity contribution in [1.82, 2.24) is 5.32 Å². The first-order valence-corrected chi connectivity index (χ1v) is 11.5. The topological polar surface area (TPSA) is 73.9 Å². The van der Waals surface area contributed by atoms with Crippen LogP contribution in [0.4, 0.5) is 13.2 Å². The summed E-state index contributed by atoms with van der Waals surface area (Å²) in [5.41, 5.74) is 1.90. The van der Waals surface area contributed by atoms with Gasteiger partial charge in [-0.1, -0.05) is 37.5 Å². The zero-order valence-electron chi connectivity index (χ0n) is 20.0. The van der Waals surface area contributed by atoms with Crippen LogP contribution in [0.2, 0.25) is 0 Å². The quantitative estimate of drug-likeness (QED) is 0.491. The Kier molecular flexibility index (Phi) is 12.1. The minimum atomic E-state index is -1.75. The van der Waals surface area contributed by atoms with Gasteiger partial charge in [0.2, 0.25) is 6.93 Å². The average Bonchev–Trinajstić information content (AvgIpc) is 2.88. The third-order valence-corrected chi connectivity index (χ3v) is 5.67. The smallest absolute Gasteiger partial charge is 0.335 e. The van der Waals surface area contributed by atoms with E-state index in [0.717, 1.165) is 36.8 Å². The number of esters is 1. The van der Waals surface area contributed by atoms with Crippen LogP contribution in [-0.4, -0.2) is 45.2 Å². The molecular formula is C26H32F3NO5. The predicted molar refractivity (Wildman–Crippen MR) is 125 cm³/mol. The summed E-state index contributed by atoms with van der Waals surface area (Å²) in [7, 11) is 2.84. The van der Waals surface area contributed by atoms with Crippen LogP contribution in [-0.2, 0) is 27.2 Å². The molecule has 35 heavy (non-hydrogen) atoms. The Morgan fingerprint density at radius 1 is 1.00 bits per heavy atom. The molecule has 1 aliphatic carbocycles. The summed E-state index contributed by atoms with van der Waals surface area (Å²) in [5, 5.41) is 2.83. The maximum absolute atomic E-state index is 13.1. The Morgan fingerprint density at radius 3 is 2.23 bits per heavy atom. The van der Waals surface area contributed by atoms with Crippen LogP contribution in [0.5, 0.6) is 5.75 Å². The van der Waals surface area contributed by atoms with Crippen LogP contribution in [0.3, 0.4) is 0 Å². The lowest BCUT2D eigenvalue weighted by molar-refractivity contribution is -0.159. The maximum atomic E-state index is 13.1. The molecule has 0 saturated heterocycles. The molecule has 1 saturated carbocycles. The Labute approximate surface area is 203 Å². The molecule has 2 aromatic rings. The molecule has 1 amide bonds. The zero-order chi connectivity index (χ0) is 25.6. The fourth-order valence-corrected chi connectivity index (χ4v) is 3.91. The minimum Gasteiger partial charge on any atom is -0.496 e. The van der Waals surface area contributed by atoms with E-state index >= 15 is 0 Å². The molecule has 6 nitrogen and oxygen atoms in total. The number of hydrogen-bond acceptors (Lipinski definition) is 5. The second-order valence-corrected chi connectivity index (χ2v) is 8.06. The third-order valence-electron chi connectivity index (χ3n) is 5.67. The Bertz CT molecular complexity index is 933. The number of carbonyl (C=O) groups is 2. The van der Waals surface area contributed by atoms with Gasteiger partial charge in [-0.15, -0.1) is 0 Å². The molecule has 2 aromatic carbocycles. The van der Waals surface area contributed by atoms with E-state index in [1.54, 1.807) is 24.3 Å². The molecule has 0 spiro atoms. The van der Waals surface area contributed by atoms with Gasteiger partial charge in [0.05, 0.1) is 25.9 Å². The first-order chi connectivity index (χ1) is 16.9. The second kappa shape index (κ2) is 15.0. The number of rotatable bonds is 9. The predicted octanol–water partition coefficient (Wildman–Crippen LogP) is 5.08. The van der Waals surface area contributed by atoms with Gasteiger partial charge in [-0.25, -0.2) is 18.0 Å². The summed E-state index contributed by atoms with van der Waals surface area (Å²) in [6.45, 7) is -1.50. The van der Waals surface area contributed by atoms with E-state index in [1.807, 2.05) is 6.07 Å². The lowest BCUT2D eigenvalue weighted by Gasteiger charge is -2.26. The van der Waals surface area contributed by atoms with E-state index < -0.39 is 19.0 Å². The van der Waals surface area contributed by atoms with Gasteiger partial charge in [0.25, 0.3) is 5.91 Å². The first-order valence-electron chi connectivity index (χ1n) is 11.5. The van der Waals surface area contributed by atoms with E-state index in [0.29, 0.717) is 17.7 Å². The molecule has 0 aliphatic heterocycles. The molecule has 1 atom stereocenters. The highest BCUT2D eigenvalue weighted by molar-refractivity contribution is 5.97. The van der Waals surface area contributed by atoms with Gasteiger partial charge in [0, 0.05) is 13.0 Å². The summed E-state index contributed by atoms with van der Waals surface area (Å²) in [6.07, 6.45) is 4.87. The molecule has 1 unspecified atom stereocenters. The lowest BCUT2D eigenvalue weighted by Crippen LogP contribution is -2.33. The molecule has 1 N–H and O–H groups in total. The van der Waals surface area contributed by atoms with E-state index in [9.17, 15) is 22.8 Å². The van der Waals surface area contributed by atoms with Crippen molar-refractivity contribution in [3.8, 4) is 5.75 Å². The molecule has 192 valence electrons. The first kappa shape index (κ1) is 28.2. The summed E-state index contributed by atoms with van der Waals surface area (Å²) >= 11 is 0. The van der Waals surface area contributed by atoms with Gasteiger partial charge in [-0.05, 0) is 48.2 Å². The highest BCUT2D eigenvalue weighted by Gasteiger charge is 2.26. The molecule has 0 heterocycles. The second-order valence-electron chi connectivity index (χ2n) is 8.06. The Hall–Kier alpha value is -3.07. The number of hydrogen-bond donors (Lipinski definition) is 1. The van der Waals surface area contributed by atoms with Crippen LogP contribution >= 0.6 is 0 Å². The Balaban J connectivity index is 0.00000137. The molecule has 9 heteroatoms. The number of halogens is 3. The molecule has 0 radical (unpaired) electrons. The standard InChI is InChI=1S/C25H30FNO5.CH2F2/c1-30-22-13-10-18(15-23(25(29)31-2)32-20-6-4-3-5-7-20)14-21(22)24(28)27-16-17-8-11-19(26)12-9-17;2-1-3/h8-14,20,23H,3-7,15-16H2,1-2H3,(H,27,28);1H2. The molecule has 1 fully saturated rings. The van der Waals surface area contributed by atoms with Crippen molar-refractivity contribution >= 4 is 11.9 Å². The van der Waals surface area contributed by atoms with Gasteiger partial charge in [-0.3, -0.25) is 4.79 Å². The van der Waals surface area contributed by atoms with E-state index in [-0.39, 0.29) is 24.4 Å². The van der Waals surface area contributed by atoms with Crippen molar-refractivity contribution in [3.05, 3.63) is 65.0 Å². The van der Waals surface area contributed by atoms with Crippen molar-refractivity contribution in [3.63, 3.8) is 0 Å². The lowest BCUT2D eigenvalue weighted by atomic mass is 9.97. The fourth-order valence-electron chi connectivity index (χ4n) is 3.91. The van der Waals surface area contributed by atoms with Crippen LogP contribution in [0.25, 0.3) is 0 Å². The number of benzene rings is 2. The monoisotopic (exact) mass is 495 g/mol. The molecule has 0 bridgehead atoms. The van der Waals surface area contributed by atoms with Crippen molar-refractivity contribution in [2.45, 2.75) is 57.3 Å². The number of amides is 1. The number of methoxy groups -OCH3 is 2. The maximum Gasteiger partial charge on any atom is 0.335 e. The summed E-state index contributed by atoms with van der Waals surface area (Å²) in [4.78, 5) is 25.2.